The van der Waals surface area contributed by atoms with E-state index in [9.17, 15) is 8.42 Å². The molecule has 8 heteroatoms. The average Bonchev–Trinajstić information content (AvgIpc) is 2.94. The number of aromatic amines is 1. The molecule has 2 heterocycles. The molecule has 0 radical (unpaired) electrons. The normalized spacial score (nSPS) is 15.6. The Morgan fingerprint density at radius 1 is 1.40 bits per heavy atom. The van der Waals surface area contributed by atoms with Gasteiger partial charge >= 0.3 is 0 Å². The van der Waals surface area contributed by atoms with Gasteiger partial charge in [-0.15, -0.1) is 11.3 Å². The molecule has 20 heavy (non-hydrogen) atoms. The summed E-state index contributed by atoms with van der Waals surface area (Å²) in [5.74, 6) is 0. The van der Waals surface area contributed by atoms with E-state index in [1.165, 1.54) is 24.2 Å². The zero-order chi connectivity index (χ0) is 14.0. The Kier molecular flexibility index (Phi) is 3.88. The minimum absolute atomic E-state index is 0.240. The Morgan fingerprint density at radius 2 is 2.25 bits per heavy atom. The number of thiophene rings is 1. The zero-order valence-corrected chi connectivity index (χ0v) is 12.4. The van der Waals surface area contributed by atoms with Gasteiger partial charge in [0.25, 0.3) is 0 Å². The molecule has 0 aliphatic heterocycles. The summed E-state index contributed by atoms with van der Waals surface area (Å²) in [6.45, 7) is 0.983. The van der Waals surface area contributed by atoms with Crippen LogP contribution >= 0.6 is 11.3 Å². The summed E-state index contributed by atoms with van der Waals surface area (Å²) < 4.78 is 26.8. The van der Waals surface area contributed by atoms with E-state index in [1.54, 1.807) is 23.8 Å². The van der Waals surface area contributed by atoms with Crippen LogP contribution in [-0.2, 0) is 23.1 Å². The van der Waals surface area contributed by atoms with E-state index >= 15 is 0 Å². The zero-order valence-electron chi connectivity index (χ0n) is 10.8. The van der Waals surface area contributed by atoms with Crippen LogP contribution in [0.15, 0.2) is 28.7 Å². The third kappa shape index (κ3) is 3.45. The molecule has 2 aromatic heterocycles. The maximum Gasteiger partial charge on any atom is 0.241 e. The van der Waals surface area contributed by atoms with E-state index in [0.717, 1.165) is 17.0 Å². The van der Waals surface area contributed by atoms with Gasteiger partial charge in [-0.1, -0.05) is 0 Å². The molecular weight excluding hydrogens is 296 g/mol. The number of sulfonamides is 1. The highest BCUT2D eigenvalue weighted by atomic mass is 32.2. The first-order chi connectivity index (χ1) is 9.63. The lowest BCUT2D eigenvalue weighted by molar-refractivity contribution is 0.581. The molecule has 0 amide bonds. The second-order valence-electron chi connectivity index (χ2n) is 4.83. The van der Waals surface area contributed by atoms with Crippen LogP contribution < -0.4 is 10.0 Å². The first-order valence-corrected chi connectivity index (χ1v) is 8.78. The van der Waals surface area contributed by atoms with Crippen LogP contribution in [0.25, 0.3) is 0 Å². The number of rotatable bonds is 7. The van der Waals surface area contributed by atoms with Crippen molar-refractivity contribution in [2.45, 2.75) is 36.9 Å². The monoisotopic (exact) mass is 312 g/mol. The molecule has 2 aromatic rings. The minimum Gasteiger partial charge on any atom is -0.309 e. The van der Waals surface area contributed by atoms with Gasteiger partial charge in [-0.25, -0.2) is 13.1 Å². The smallest absolute Gasteiger partial charge is 0.241 e. The molecule has 0 spiro atoms. The first kappa shape index (κ1) is 13.7. The molecule has 3 N–H and O–H groups in total. The Morgan fingerprint density at radius 3 is 2.95 bits per heavy atom. The van der Waals surface area contributed by atoms with Crippen molar-refractivity contribution in [3.05, 3.63) is 34.3 Å². The molecule has 0 atom stereocenters. The van der Waals surface area contributed by atoms with Gasteiger partial charge in [-0.2, -0.15) is 5.10 Å². The van der Waals surface area contributed by atoms with E-state index in [-0.39, 0.29) is 6.54 Å². The van der Waals surface area contributed by atoms with Crippen LogP contribution in [-0.4, -0.2) is 24.7 Å². The molecular formula is C12H16N4O2S2. The average molecular weight is 312 g/mol. The molecule has 3 rings (SSSR count). The van der Waals surface area contributed by atoms with E-state index in [4.69, 9.17) is 0 Å². The lowest BCUT2D eigenvalue weighted by Crippen LogP contribution is -2.22. The quantitative estimate of drug-likeness (QED) is 0.717. The van der Waals surface area contributed by atoms with Gasteiger partial charge in [-0.05, 0) is 18.9 Å². The highest BCUT2D eigenvalue weighted by molar-refractivity contribution is 7.89. The van der Waals surface area contributed by atoms with Crippen molar-refractivity contribution in [1.29, 1.82) is 0 Å². The summed E-state index contributed by atoms with van der Waals surface area (Å²) in [5.41, 5.74) is 0.805. The highest BCUT2D eigenvalue weighted by Gasteiger charge is 2.21. The molecule has 1 fully saturated rings. The van der Waals surface area contributed by atoms with Gasteiger partial charge in [0.15, 0.2) is 0 Å². The summed E-state index contributed by atoms with van der Waals surface area (Å²) in [4.78, 5) is 1.37. The summed E-state index contributed by atoms with van der Waals surface area (Å²) in [5, 5.41) is 11.5. The van der Waals surface area contributed by atoms with Crippen molar-refractivity contribution in [1.82, 2.24) is 20.2 Å². The Hall–Kier alpha value is -1.22. The number of hydrogen-bond acceptors (Lipinski definition) is 5. The molecule has 1 aliphatic carbocycles. The largest absolute Gasteiger partial charge is 0.309 e. The van der Waals surface area contributed by atoms with Gasteiger partial charge in [-0.3, -0.25) is 5.10 Å². The van der Waals surface area contributed by atoms with E-state index in [0.29, 0.717) is 10.9 Å². The Balaban J connectivity index is 1.61. The predicted molar refractivity (Wildman–Crippen MR) is 76.8 cm³/mol. The van der Waals surface area contributed by atoms with Crippen molar-refractivity contribution in [2.24, 2.45) is 0 Å². The molecule has 0 saturated heterocycles. The third-order valence-electron chi connectivity index (χ3n) is 3.10. The van der Waals surface area contributed by atoms with Gasteiger partial charge in [0.05, 0.1) is 11.1 Å². The molecule has 0 bridgehead atoms. The topological polar surface area (TPSA) is 86.9 Å². The summed E-state index contributed by atoms with van der Waals surface area (Å²) in [6, 6.07) is 2.36. The molecule has 0 aromatic carbocycles. The van der Waals surface area contributed by atoms with E-state index < -0.39 is 10.0 Å². The first-order valence-electron chi connectivity index (χ1n) is 6.41. The number of hydrogen-bond donors (Lipinski definition) is 3. The summed E-state index contributed by atoms with van der Waals surface area (Å²) in [7, 11) is -3.45. The SMILES string of the molecule is O=S(=O)(NCc1cn[nH]c1)c1csc(CNC2CC2)c1. The maximum absolute atomic E-state index is 12.1. The number of aromatic nitrogens is 2. The standard InChI is InChI=1S/C12H16N4O2S2/c17-20(18,16-6-9-4-14-15-5-9)12-3-11(19-8-12)7-13-10-1-2-10/h3-5,8,10,13,16H,1-2,6-7H2,(H,14,15). The summed E-state index contributed by atoms with van der Waals surface area (Å²) in [6.07, 6.45) is 5.72. The van der Waals surface area contributed by atoms with Crippen LogP contribution in [0.2, 0.25) is 0 Å². The second kappa shape index (κ2) is 5.65. The predicted octanol–water partition coefficient (Wildman–Crippen LogP) is 1.20. The van der Waals surface area contributed by atoms with E-state index in [1.807, 2.05) is 0 Å². The van der Waals surface area contributed by atoms with Crippen molar-refractivity contribution < 1.29 is 8.42 Å². The minimum atomic E-state index is -3.45. The molecule has 0 unspecified atom stereocenters. The van der Waals surface area contributed by atoms with E-state index in [2.05, 4.69) is 20.2 Å². The number of nitrogens with zero attached hydrogens (tertiary/aromatic N) is 1. The molecule has 1 saturated carbocycles. The van der Waals surface area contributed by atoms with Gasteiger partial charge < -0.3 is 5.32 Å². The lowest BCUT2D eigenvalue weighted by Gasteiger charge is -2.03. The van der Waals surface area contributed by atoms with Crippen molar-refractivity contribution in [2.75, 3.05) is 0 Å². The lowest BCUT2D eigenvalue weighted by atomic mass is 10.4. The third-order valence-corrected chi connectivity index (χ3v) is 5.57. The fraction of sp³-hybridized carbons (Fsp3) is 0.417. The van der Waals surface area contributed by atoms with Crippen LogP contribution in [0.1, 0.15) is 23.3 Å². The second-order valence-corrected chi connectivity index (χ2v) is 7.60. The highest BCUT2D eigenvalue weighted by Crippen LogP contribution is 2.23. The molecule has 108 valence electrons. The van der Waals surface area contributed by atoms with Crippen LogP contribution in [0, 0.1) is 0 Å². The van der Waals surface area contributed by atoms with Gasteiger partial charge in [0.1, 0.15) is 0 Å². The Bertz CT molecular complexity index is 659. The van der Waals surface area contributed by atoms with Crippen molar-refractivity contribution >= 4 is 21.4 Å². The van der Waals surface area contributed by atoms with Crippen molar-refractivity contribution in [3.63, 3.8) is 0 Å². The molecule has 1 aliphatic rings. The van der Waals surface area contributed by atoms with Gasteiger partial charge in [0, 0.05) is 41.1 Å². The number of H-pyrrole nitrogens is 1. The maximum atomic E-state index is 12.1. The fourth-order valence-corrected chi connectivity index (χ4v) is 4.01. The van der Waals surface area contributed by atoms with Crippen LogP contribution in [0.4, 0.5) is 0 Å². The van der Waals surface area contributed by atoms with Crippen LogP contribution in [0.5, 0.6) is 0 Å². The number of nitrogens with one attached hydrogen (secondary N) is 3. The fourth-order valence-electron chi connectivity index (χ4n) is 1.76. The van der Waals surface area contributed by atoms with Crippen molar-refractivity contribution in [3.8, 4) is 0 Å². The Labute approximate surface area is 121 Å². The van der Waals surface area contributed by atoms with Crippen LogP contribution in [0.3, 0.4) is 0 Å². The van der Waals surface area contributed by atoms with Gasteiger partial charge in [0.2, 0.25) is 10.0 Å². The molecule has 6 nitrogen and oxygen atoms in total. The summed E-state index contributed by atoms with van der Waals surface area (Å²) >= 11 is 1.47.